The smallest absolute Gasteiger partial charge is 0.243 e. The molecule has 1 unspecified atom stereocenters. The van der Waals surface area contributed by atoms with Gasteiger partial charge in [-0.25, -0.2) is 0 Å². The molecule has 1 atom stereocenters. The summed E-state index contributed by atoms with van der Waals surface area (Å²) in [5.74, 6) is 0.699. The van der Waals surface area contributed by atoms with Gasteiger partial charge in [-0.15, -0.1) is 0 Å². The van der Waals surface area contributed by atoms with Gasteiger partial charge in [0.05, 0.1) is 19.0 Å². The van der Waals surface area contributed by atoms with Crippen molar-refractivity contribution >= 4 is 11.6 Å². The maximum Gasteiger partial charge on any atom is 0.243 e. The van der Waals surface area contributed by atoms with Gasteiger partial charge in [0.1, 0.15) is 6.04 Å². The number of carbonyl (C=O) groups excluding carboxylic acids is 1. The van der Waals surface area contributed by atoms with Crippen LogP contribution in [0.1, 0.15) is 5.69 Å². The summed E-state index contributed by atoms with van der Waals surface area (Å²) in [4.78, 5) is 18.3. The first-order valence-corrected chi connectivity index (χ1v) is 6.37. The number of nitrogens with zero attached hydrogens (tertiary/aromatic N) is 2. The third-order valence-corrected chi connectivity index (χ3v) is 3.31. The predicted octanol–water partition coefficient (Wildman–Crippen LogP) is -0.0772. The molecule has 0 spiro atoms. The fraction of sp³-hybridized carbons (Fsp3) is 0.538. The van der Waals surface area contributed by atoms with Gasteiger partial charge in [0, 0.05) is 32.4 Å². The average molecular weight is 264 g/mol. The van der Waals surface area contributed by atoms with E-state index in [9.17, 15) is 4.79 Å². The van der Waals surface area contributed by atoms with Gasteiger partial charge in [0.15, 0.2) is 5.75 Å². The van der Waals surface area contributed by atoms with Crippen molar-refractivity contribution in [3.05, 3.63) is 18.0 Å². The monoisotopic (exact) mass is 264 g/mol. The second-order valence-corrected chi connectivity index (χ2v) is 4.53. The van der Waals surface area contributed by atoms with E-state index >= 15 is 0 Å². The number of nitrogens with one attached hydrogen (secondary N) is 2. The molecular formula is C13H20N4O2. The van der Waals surface area contributed by atoms with Crippen LogP contribution in [-0.2, 0) is 4.79 Å². The van der Waals surface area contributed by atoms with Crippen LogP contribution in [0.5, 0.6) is 5.75 Å². The second kappa shape index (κ2) is 5.88. The third-order valence-electron chi connectivity index (χ3n) is 3.31. The number of likely N-dealkylation sites (N-methyl/N-ethyl adjacent to an activating group) is 1. The highest BCUT2D eigenvalue weighted by Gasteiger charge is 2.29. The van der Waals surface area contributed by atoms with E-state index in [0.717, 1.165) is 24.5 Å². The highest BCUT2D eigenvalue weighted by Crippen LogP contribution is 2.30. The summed E-state index contributed by atoms with van der Waals surface area (Å²) in [7, 11) is 3.27. The van der Waals surface area contributed by atoms with Gasteiger partial charge in [0.25, 0.3) is 0 Å². The Kier molecular flexibility index (Phi) is 4.21. The molecule has 104 valence electrons. The van der Waals surface area contributed by atoms with Crippen molar-refractivity contribution in [2.45, 2.75) is 13.0 Å². The minimum Gasteiger partial charge on any atom is -0.493 e. The zero-order chi connectivity index (χ0) is 13.8. The SMILES string of the molecule is CNC(=O)C1CNCCN1c1cc(C)ncc1OC. The van der Waals surface area contributed by atoms with E-state index < -0.39 is 0 Å². The van der Waals surface area contributed by atoms with E-state index in [4.69, 9.17) is 4.74 Å². The lowest BCUT2D eigenvalue weighted by Gasteiger charge is -2.37. The van der Waals surface area contributed by atoms with Gasteiger partial charge in [-0.3, -0.25) is 9.78 Å². The number of pyridine rings is 1. The number of ether oxygens (including phenoxy) is 1. The molecule has 6 heteroatoms. The van der Waals surface area contributed by atoms with Crippen molar-refractivity contribution in [1.29, 1.82) is 0 Å². The second-order valence-electron chi connectivity index (χ2n) is 4.53. The van der Waals surface area contributed by atoms with Gasteiger partial charge in [-0.1, -0.05) is 0 Å². The molecule has 1 saturated heterocycles. The van der Waals surface area contributed by atoms with E-state index in [1.807, 2.05) is 13.0 Å². The van der Waals surface area contributed by atoms with Crippen molar-refractivity contribution in [1.82, 2.24) is 15.6 Å². The maximum absolute atomic E-state index is 12.0. The molecule has 0 aliphatic carbocycles. The van der Waals surface area contributed by atoms with Crippen LogP contribution in [0, 0.1) is 6.92 Å². The van der Waals surface area contributed by atoms with Crippen LogP contribution in [0.3, 0.4) is 0 Å². The Morgan fingerprint density at radius 3 is 3.11 bits per heavy atom. The number of hydrogen-bond donors (Lipinski definition) is 2. The first kappa shape index (κ1) is 13.6. The highest BCUT2D eigenvalue weighted by atomic mass is 16.5. The molecule has 1 amide bonds. The number of piperazine rings is 1. The van der Waals surface area contributed by atoms with Crippen LogP contribution in [0.4, 0.5) is 5.69 Å². The van der Waals surface area contributed by atoms with Gasteiger partial charge in [0.2, 0.25) is 5.91 Å². The van der Waals surface area contributed by atoms with Crippen molar-refractivity contribution in [2.24, 2.45) is 0 Å². The summed E-state index contributed by atoms with van der Waals surface area (Å²) in [5.41, 5.74) is 1.83. The van der Waals surface area contributed by atoms with E-state index in [1.165, 1.54) is 0 Å². The molecule has 2 heterocycles. The van der Waals surface area contributed by atoms with Crippen molar-refractivity contribution in [2.75, 3.05) is 38.7 Å². The van der Waals surface area contributed by atoms with Gasteiger partial charge in [-0.2, -0.15) is 0 Å². The first-order chi connectivity index (χ1) is 9.17. The van der Waals surface area contributed by atoms with E-state index in [1.54, 1.807) is 20.4 Å². The average Bonchev–Trinajstić information content (AvgIpc) is 2.46. The summed E-state index contributed by atoms with van der Waals surface area (Å²) in [6.07, 6.45) is 1.70. The Labute approximate surface area is 113 Å². The number of methoxy groups -OCH3 is 1. The maximum atomic E-state index is 12.0. The normalized spacial score (nSPS) is 19.1. The molecule has 1 aliphatic heterocycles. The Balaban J connectivity index is 2.36. The molecule has 1 fully saturated rings. The number of aromatic nitrogens is 1. The summed E-state index contributed by atoms with van der Waals surface area (Å²) in [5, 5.41) is 5.95. The quantitative estimate of drug-likeness (QED) is 0.799. The Bertz CT molecular complexity index is 464. The van der Waals surface area contributed by atoms with Gasteiger partial charge < -0.3 is 20.3 Å². The lowest BCUT2D eigenvalue weighted by atomic mass is 10.1. The minimum absolute atomic E-state index is 0.00344. The molecule has 19 heavy (non-hydrogen) atoms. The number of anilines is 1. The van der Waals surface area contributed by atoms with Crippen molar-refractivity contribution in [3.8, 4) is 5.75 Å². The first-order valence-electron chi connectivity index (χ1n) is 6.37. The van der Waals surface area contributed by atoms with E-state index in [0.29, 0.717) is 12.3 Å². The van der Waals surface area contributed by atoms with Gasteiger partial charge in [-0.05, 0) is 13.0 Å². The van der Waals surface area contributed by atoms with Crippen LogP contribution >= 0.6 is 0 Å². The molecule has 0 aromatic carbocycles. The third kappa shape index (κ3) is 2.78. The molecule has 1 aliphatic rings. The van der Waals surface area contributed by atoms with Gasteiger partial charge >= 0.3 is 0 Å². The van der Waals surface area contributed by atoms with Crippen LogP contribution in [0.25, 0.3) is 0 Å². The van der Waals surface area contributed by atoms with E-state index in [-0.39, 0.29) is 11.9 Å². The molecule has 1 aromatic heterocycles. The van der Waals surface area contributed by atoms with Crippen molar-refractivity contribution < 1.29 is 9.53 Å². The number of amides is 1. The number of aryl methyl sites for hydroxylation is 1. The Hall–Kier alpha value is -1.82. The highest BCUT2D eigenvalue weighted by molar-refractivity contribution is 5.86. The number of carbonyl (C=O) groups is 1. The van der Waals surface area contributed by atoms with Crippen molar-refractivity contribution in [3.63, 3.8) is 0 Å². The molecule has 0 radical (unpaired) electrons. The molecule has 0 saturated carbocycles. The Morgan fingerprint density at radius 2 is 2.42 bits per heavy atom. The summed E-state index contributed by atoms with van der Waals surface area (Å²) in [6, 6.07) is 1.73. The molecule has 1 aromatic rings. The largest absolute Gasteiger partial charge is 0.493 e. The number of rotatable bonds is 3. The topological polar surface area (TPSA) is 66.5 Å². The standard InChI is InChI=1S/C13H20N4O2/c1-9-6-10(12(19-3)8-16-9)17-5-4-15-7-11(17)13(18)14-2/h6,8,11,15H,4-5,7H2,1-3H3,(H,14,18). The zero-order valence-corrected chi connectivity index (χ0v) is 11.6. The van der Waals surface area contributed by atoms with Crippen LogP contribution in [0.2, 0.25) is 0 Å². The summed E-state index contributed by atoms with van der Waals surface area (Å²) in [6.45, 7) is 4.17. The molecule has 2 N–H and O–H groups in total. The summed E-state index contributed by atoms with van der Waals surface area (Å²) < 4.78 is 5.36. The fourth-order valence-electron chi connectivity index (χ4n) is 2.31. The molecule has 2 rings (SSSR count). The molecule has 0 bridgehead atoms. The minimum atomic E-state index is -0.227. The Morgan fingerprint density at radius 1 is 1.63 bits per heavy atom. The number of hydrogen-bond acceptors (Lipinski definition) is 5. The molecular weight excluding hydrogens is 244 g/mol. The van der Waals surface area contributed by atoms with E-state index in [2.05, 4.69) is 20.5 Å². The lowest BCUT2D eigenvalue weighted by Crippen LogP contribution is -2.57. The van der Waals surface area contributed by atoms with Crippen LogP contribution in [0.15, 0.2) is 12.3 Å². The van der Waals surface area contributed by atoms with Crippen LogP contribution in [-0.4, -0.2) is 50.7 Å². The predicted molar refractivity (Wildman–Crippen MR) is 73.6 cm³/mol. The molecule has 6 nitrogen and oxygen atoms in total. The fourth-order valence-corrected chi connectivity index (χ4v) is 2.31. The lowest BCUT2D eigenvalue weighted by molar-refractivity contribution is -0.122. The van der Waals surface area contributed by atoms with Crippen LogP contribution < -0.4 is 20.3 Å². The summed E-state index contributed by atoms with van der Waals surface area (Å²) >= 11 is 0. The zero-order valence-electron chi connectivity index (χ0n) is 11.6.